The predicted octanol–water partition coefficient (Wildman–Crippen LogP) is 2.66. The molecule has 1 aromatic carbocycles. The fourth-order valence-electron chi connectivity index (χ4n) is 2.44. The molecule has 1 aliphatic rings. The smallest absolute Gasteiger partial charge is 0.0660 e. The first-order valence-electron chi connectivity index (χ1n) is 6.15. The molecule has 1 aliphatic heterocycles. The van der Waals surface area contributed by atoms with E-state index in [1.165, 1.54) is 12.8 Å². The van der Waals surface area contributed by atoms with Crippen LogP contribution < -0.4 is 10.6 Å². The molecule has 0 saturated carbocycles. The average Bonchev–Trinajstić information content (AvgIpc) is 2.54. The van der Waals surface area contributed by atoms with Crippen molar-refractivity contribution >= 4 is 23.0 Å². The monoisotopic (exact) mass is 254 g/mol. The van der Waals surface area contributed by atoms with E-state index >= 15 is 0 Å². The van der Waals surface area contributed by atoms with Gasteiger partial charge in [-0.05, 0) is 31.0 Å². The third kappa shape index (κ3) is 2.85. The van der Waals surface area contributed by atoms with Gasteiger partial charge in [0.2, 0.25) is 0 Å². The third-order valence-corrected chi connectivity index (χ3v) is 3.67. The molecule has 1 aromatic rings. The lowest BCUT2D eigenvalue weighted by atomic mass is 10.1. The van der Waals surface area contributed by atoms with Crippen molar-refractivity contribution in [2.24, 2.45) is 0 Å². The first kappa shape index (κ1) is 12.5. The minimum atomic E-state index is 0.179. The molecule has 0 aliphatic carbocycles. The molecule has 0 amide bonds. The Morgan fingerprint density at radius 3 is 2.88 bits per heavy atom. The van der Waals surface area contributed by atoms with Crippen LogP contribution >= 0.6 is 11.6 Å². The van der Waals surface area contributed by atoms with E-state index in [-0.39, 0.29) is 12.6 Å². The van der Waals surface area contributed by atoms with Gasteiger partial charge >= 0.3 is 0 Å². The number of anilines is 2. The van der Waals surface area contributed by atoms with Gasteiger partial charge < -0.3 is 15.7 Å². The summed E-state index contributed by atoms with van der Waals surface area (Å²) in [5.41, 5.74) is 7.37. The quantitative estimate of drug-likeness (QED) is 0.798. The standard InChI is InChI=1S/C13H19ClN2O/c14-12-8-10(15)5-6-13(12)16-7-3-1-2-4-11(16)9-17/h5-6,8,11,17H,1-4,7,9,15H2. The second kappa shape index (κ2) is 5.61. The maximum Gasteiger partial charge on any atom is 0.0660 e. The molecule has 1 fully saturated rings. The molecule has 0 aromatic heterocycles. The minimum Gasteiger partial charge on any atom is -0.399 e. The molecule has 3 N–H and O–H groups in total. The van der Waals surface area contributed by atoms with Gasteiger partial charge in [-0.3, -0.25) is 0 Å². The van der Waals surface area contributed by atoms with Crippen molar-refractivity contribution in [3.63, 3.8) is 0 Å². The highest BCUT2D eigenvalue weighted by atomic mass is 35.5. The van der Waals surface area contributed by atoms with Crippen LogP contribution in [-0.4, -0.2) is 24.3 Å². The number of nitrogens with two attached hydrogens (primary N) is 1. The molecular weight excluding hydrogens is 236 g/mol. The van der Waals surface area contributed by atoms with Crippen molar-refractivity contribution in [2.45, 2.75) is 31.7 Å². The first-order chi connectivity index (χ1) is 8.22. The molecule has 1 atom stereocenters. The lowest BCUT2D eigenvalue weighted by molar-refractivity contribution is 0.255. The van der Waals surface area contributed by atoms with E-state index < -0.39 is 0 Å². The van der Waals surface area contributed by atoms with Crippen LogP contribution in [0.25, 0.3) is 0 Å². The zero-order chi connectivity index (χ0) is 12.3. The molecule has 0 bridgehead atoms. The summed E-state index contributed by atoms with van der Waals surface area (Å²) in [5, 5.41) is 10.2. The third-order valence-electron chi connectivity index (χ3n) is 3.37. The molecule has 1 heterocycles. The van der Waals surface area contributed by atoms with Gasteiger partial charge in [0, 0.05) is 12.2 Å². The van der Waals surface area contributed by atoms with E-state index in [0.29, 0.717) is 10.7 Å². The summed E-state index contributed by atoms with van der Waals surface area (Å²) in [4.78, 5) is 2.22. The Balaban J connectivity index is 2.28. The van der Waals surface area contributed by atoms with Gasteiger partial charge in [-0.2, -0.15) is 0 Å². The van der Waals surface area contributed by atoms with Gasteiger partial charge in [-0.1, -0.05) is 24.4 Å². The second-order valence-corrected chi connectivity index (χ2v) is 5.00. The van der Waals surface area contributed by atoms with Gasteiger partial charge in [-0.25, -0.2) is 0 Å². The number of nitrogens with zero attached hydrogens (tertiary/aromatic N) is 1. The number of halogens is 1. The van der Waals surface area contributed by atoms with Crippen LogP contribution in [0, 0.1) is 0 Å². The van der Waals surface area contributed by atoms with Crippen molar-refractivity contribution in [1.29, 1.82) is 0 Å². The van der Waals surface area contributed by atoms with Crippen LogP contribution in [0.1, 0.15) is 25.7 Å². The van der Waals surface area contributed by atoms with Crippen LogP contribution in [0.3, 0.4) is 0 Å². The summed E-state index contributed by atoms with van der Waals surface area (Å²) < 4.78 is 0. The van der Waals surface area contributed by atoms with Gasteiger partial charge in [0.05, 0.1) is 23.4 Å². The van der Waals surface area contributed by atoms with Gasteiger partial charge in [0.15, 0.2) is 0 Å². The molecule has 94 valence electrons. The number of aliphatic hydroxyl groups excluding tert-OH is 1. The molecular formula is C13H19ClN2O. The Hall–Kier alpha value is -0.930. The van der Waals surface area contributed by atoms with Crippen molar-refractivity contribution in [2.75, 3.05) is 23.8 Å². The fourth-order valence-corrected chi connectivity index (χ4v) is 2.74. The van der Waals surface area contributed by atoms with Crippen molar-refractivity contribution in [1.82, 2.24) is 0 Å². The fraction of sp³-hybridized carbons (Fsp3) is 0.538. The highest BCUT2D eigenvalue weighted by Crippen LogP contribution is 2.31. The lowest BCUT2D eigenvalue weighted by Crippen LogP contribution is -2.37. The van der Waals surface area contributed by atoms with E-state index in [2.05, 4.69) is 4.90 Å². The Labute approximate surface area is 107 Å². The SMILES string of the molecule is Nc1ccc(N2CCCCCC2CO)c(Cl)c1. The number of aliphatic hydroxyl groups is 1. The number of hydrogen-bond acceptors (Lipinski definition) is 3. The summed E-state index contributed by atoms with van der Waals surface area (Å²) in [5.74, 6) is 0. The number of hydrogen-bond donors (Lipinski definition) is 2. The summed E-state index contributed by atoms with van der Waals surface area (Å²) in [7, 11) is 0. The normalized spacial score (nSPS) is 21.3. The maximum absolute atomic E-state index is 9.48. The highest BCUT2D eigenvalue weighted by molar-refractivity contribution is 6.33. The maximum atomic E-state index is 9.48. The van der Waals surface area contributed by atoms with Crippen LogP contribution in [0.15, 0.2) is 18.2 Å². The zero-order valence-corrected chi connectivity index (χ0v) is 10.7. The zero-order valence-electron chi connectivity index (χ0n) is 9.90. The van der Waals surface area contributed by atoms with E-state index in [1.54, 1.807) is 6.07 Å². The van der Waals surface area contributed by atoms with Gasteiger partial charge in [0.25, 0.3) is 0 Å². The second-order valence-electron chi connectivity index (χ2n) is 4.59. The van der Waals surface area contributed by atoms with Gasteiger partial charge in [0.1, 0.15) is 0 Å². The van der Waals surface area contributed by atoms with Gasteiger partial charge in [-0.15, -0.1) is 0 Å². The van der Waals surface area contributed by atoms with Crippen LogP contribution in [0.2, 0.25) is 5.02 Å². The van der Waals surface area contributed by atoms with Crippen LogP contribution in [0.4, 0.5) is 11.4 Å². The lowest BCUT2D eigenvalue weighted by Gasteiger charge is -2.31. The minimum absolute atomic E-state index is 0.179. The Morgan fingerprint density at radius 1 is 1.35 bits per heavy atom. The molecule has 0 radical (unpaired) electrons. The average molecular weight is 255 g/mol. The molecule has 0 spiro atoms. The molecule has 17 heavy (non-hydrogen) atoms. The Kier molecular flexibility index (Phi) is 4.13. The number of rotatable bonds is 2. The van der Waals surface area contributed by atoms with E-state index in [4.69, 9.17) is 17.3 Å². The summed E-state index contributed by atoms with van der Waals surface area (Å²) >= 11 is 6.24. The van der Waals surface area contributed by atoms with Crippen molar-refractivity contribution < 1.29 is 5.11 Å². The molecule has 3 nitrogen and oxygen atoms in total. The Bertz CT molecular complexity index is 384. The number of benzene rings is 1. The largest absolute Gasteiger partial charge is 0.399 e. The van der Waals surface area contributed by atoms with Crippen molar-refractivity contribution in [3.05, 3.63) is 23.2 Å². The predicted molar refractivity (Wildman–Crippen MR) is 72.6 cm³/mol. The molecule has 1 saturated heterocycles. The molecule has 1 unspecified atom stereocenters. The molecule has 4 heteroatoms. The van der Waals surface area contributed by atoms with Crippen molar-refractivity contribution in [3.8, 4) is 0 Å². The van der Waals surface area contributed by atoms with E-state index in [1.807, 2.05) is 12.1 Å². The first-order valence-corrected chi connectivity index (χ1v) is 6.52. The number of nitrogen functional groups attached to an aromatic ring is 1. The van der Waals surface area contributed by atoms with Crippen LogP contribution in [0.5, 0.6) is 0 Å². The molecule has 2 rings (SSSR count). The highest BCUT2D eigenvalue weighted by Gasteiger charge is 2.22. The van der Waals surface area contributed by atoms with E-state index in [9.17, 15) is 5.11 Å². The van der Waals surface area contributed by atoms with Crippen LogP contribution in [-0.2, 0) is 0 Å². The topological polar surface area (TPSA) is 49.5 Å². The summed E-state index contributed by atoms with van der Waals surface area (Å²) in [6.45, 7) is 1.13. The Morgan fingerprint density at radius 2 is 2.18 bits per heavy atom. The summed E-state index contributed by atoms with van der Waals surface area (Å²) in [6, 6.07) is 5.76. The van der Waals surface area contributed by atoms with E-state index in [0.717, 1.165) is 25.1 Å². The summed E-state index contributed by atoms with van der Waals surface area (Å²) in [6.07, 6.45) is 4.57.